The van der Waals surface area contributed by atoms with Gasteiger partial charge in [-0.25, -0.2) is 0 Å². The Morgan fingerprint density at radius 3 is 1.71 bits per heavy atom. The van der Waals surface area contributed by atoms with Crippen molar-refractivity contribution >= 4 is 5.91 Å². The maximum Gasteiger partial charge on any atom is 0.258 e. The maximum atomic E-state index is 12.5. The third-order valence-corrected chi connectivity index (χ3v) is 4.70. The summed E-state index contributed by atoms with van der Waals surface area (Å²) in [6.45, 7) is 1.87. The highest BCUT2D eigenvalue weighted by Gasteiger charge is 2.69. The number of β-lactam (4-membered cyclic amide) rings is 1. The zero-order chi connectivity index (χ0) is 15.1. The molecular weight excluding hydrogens is 262 g/mol. The van der Waals surface area contributed by atoms with Crippen LogP contribution in [0.3, 0.4) is 0 Å². The van der Waals surface area contributed by atoms with Crippen LogP contribution < -0.4 is 0 Å². The molecule has 2 aromatic rings. The molecule has 0 radical (unpaired) electrons. The van der Waals surface area contributed by atoms with Crippen molar-refractivity contribution in [1.29, 1.82) is 0 Å². The number of ether oxygens (including phenoxy) is 1. The molecular formula is C18H19NO2. The van der Waals surface area contributed by atoms with Gasteiger partial charge in [-0.05, 0) is 18.1 Å². The first-order chi connectivity index (χ1) is 10.1. The molecule has 1 saturated heterocycles. The average molecular weight is 281 g/mol. The number of carbonyl (C=O) groups excluding carboxylic acids is 1. The fourth-order valence-electron chi connectivity index (χ4n) is 3.59. The first-order valence-corrected chi connectivity index (χ1v) is 7.03. The van der Waals surface area contributed by atoms with Crippen molar-refractivity contribution in [3.05, 3.63) is 71.8 Å². The molecule has 1 aliphatic rings. The van der Waals surface area contributed by atoms with Crippen LogP contribution in [0.25, 0.3) is 0 Å². The Bertz CT molecular complexity index is 614. The van der Waals surface area contributed by atoms with Gasteiger partial charge in [-0.1, -0.05) is 60.7 Å². The van der Waals surface area contributed by atoms with Gasteiger partial charge >= 0.3 is 0 Å². The van der Waals surface area contributed by atoms with E-state index in [1.54, 1.807) is 12.0 Å². The number of benzene rings is 2. The fourth-order valence-corrected chi connectivity index (χ4v) is 3.59. The summed E-state index contributed by atoms with van der Waals surface area (Å²) in [5, 5.41) is 0. The normalized spacial score (nSPS) is 23.8. The quantitative estimate of drug-likeness (QED) is 0.810. The fraction of sp³-hybridized carbons (Fsp3) is 0.278. The van der Waals surface area contributed by atoms with E-state index in [2.05, 4.69) is 0 Å². The molecule has 0 aliphatic carbocycles. The van der Waals surface area contributed by atoms with E-state index in [1.165, 1.54) is 0 Å². The van der Waals surface area contributed by atoms with Gasteiger partial charge in [0, 0.05) is 14.2 Å². The van der Waals surface area contributed by atoms with Gasteiger partial charge in [0.15, 0.2) is 5.60 Å². The number of rotatable bonds is 3. The first kappa shape index (κ1) is 13.8. The van der Waals surface area contributed by atoms with Gasteiger partial charge < -0.3 is 9.64 Å². The van der Waals surface area contributed by atoms with Crippen molar-refractivity contribution in [2.24, 2.45) is 0 Å². The number of amides is 1. The van der Waals surface area contributed by atoms with Crippen molar-refractivity contribution in [3.63, 3.8) is 0 Å². The summed E-state index contributed by atoms with van der Waals surface area (Å²) in [7, 11) is 3.44. The Kier molecular flexibility index (Phi) is 3.10. The third kappa shape index (κ3) is 1.55. The first-order valence-electron chi connectivity index (χ1n) is 7.03. The van der Waals surface area contributed by atoms with Crippen LogP contribution in [0.4, 0.5) is 0 Å². The van der Waals surface area contributed by atoms with Gasteiger partial charge in [-0.3, -0.25) is 4.79 Å². The largest absolute Gasteiger partial charge is 0.365 e. The molecule has 0 aromatic heterocycles. The zero-order valence-corrected chi connectivity index (χ0v) is 12.5. The van der Waals surface area contributed by atoms with Crippen LogP contribution in [0.5, 0.6) is 0 Å². The Hall–Kier alpha value is -2.13. The summed E-state index contributed by atoms with van der Waals surface area (Å²) in [5.41, 5.74) is 0.622. The summed E-state index contributed by atoms with van der Waals surface area (Å²) < 4.78 is 5.69. The second-order valence-electron chi connectivity index (χ2n) is 5.54. The van der Waals surface area contributed by atoms with Crippen LogP contribution in [0.2, 0.25) is 0 Å². The molecule has 108 valence electrons. The van der Waals surface area contributed by atoms with Crippen LogP contribution in [0.1, 0.15) is 18.1 Å². The number of nitrogens with zero attached hydrogens (tertiary/aromatic N) is 1. The molecule has 3 rings (SSSR count). The molecule has 1 unspecified atom stereocenters. The van der Waals surface area contributed by atoms with Crippen molar-refractivity contribution < 1.29 is 9.53 Å². The molecule has 1 amide bonds. The van der Waals surface area contributed by atoms with Gasteiger partial charge in [0.2, 0.25) is 0 Å². The number of hydrogen-bond donors (Lipinski definition) is 0. The molecule has 0 spiro atoms. The maximum absolute atomic E-state index is 12.5. The summed E-state index contributed by atoms with van der Waals surface area (Å²) in [6, 6.07) is 20.1. The van der Waals surface area contributed by atoms with E-state index in [9.17, 15) is 4.79 Å². The minimum absolute atomic E-state index is 0.00212. The zero-order valence-electron chi connectivity index (χ0n) is 12.5. The van der Waals surface area contributed by atoms with Crippen LogP contribution >= 0.6 is 0 Å². The van der Waals surface area contributed by atoms with E-state index >= 15 is 0 Å². The van der Waals surface area contributed by atoms with Crippen molar-refractivity contribution in [2.45, 2.75) is 18.1 Å². The standard InChI is InChI=1S/C18H19NO2/c1-17(21-3)16(20)19(2)18(17,14-10-6-4-7-11-14)15-12-8-5-9-13-15/h4-13H,1-3H3. The summed E-state index contributed by atoms with van der Waals surface area (Å²) in [4.78, 5) is 14.3. The molecule has 21 heavy (non-hydrogen) atoms. The molecule has 0 bridgehead atoms. The SMILES string of the molecule is COC1(C)C(=O)N(C)C1(c1ccccc1)c1ccccc1. The average Bonchev–Trinajstić information content (AvgIpc) is 2.56. The lowest BCUT2D eigenvalue weighted by molar-refractivity contribution is -0.211. The monoisotopic (exact) mass is 281 g/mol. The topological polar surface area (TPSA) is 29.5 Å². The highest BCUT2D eigenvalue weighted by molar-refractivity contribution is 5.96. The number of likely N-dealkylation sites (N-methyl/N-ethyl adjacent to an activating group) is 1. The lowest BCUT2D eigenvalue weighted by Crippen LogP contribution is -2.78. The Labute approximate surface area is 125 Å². The summed E-state index contributed by atoms with van der Waals surface area (Å²) >= 11 is 0. The van der Waals surface area contributed by atoms with E-state index < -0.39 is 11.1 Å². The van der Waals surface area contributed by atoms with E-state index in [1.807, 2.05) is 74.6 Å². The molecule has 0 N–H and O–H groups in total. The Balaban J connectivity index is 2.30. The van der Waals surface area contributed by atoms with Gasteiger partial charge in [0.05, 0.1) is 0 Å². The van der Waals surface area contributed by atoms with Gasteiger partial charge in [0.1, 0.15) is 5.54 Å². The Morgan fingerprint density at radius 2 is 1.33 bits per heavy atom. The van der Waals surface area contributed by atoms with Crippen LogP contribution in [-0.2, 0) is 15.1 Å². The second-order valence-corrected chi connectivity index (χ2v) is 5.54. The van der Waals surface area contributed by atoms with Gasteiger partial charge in [-0.2, -0.15) is 0 Å². The van der Waals surface area contributed by atoms with Crippen LogP contribution in [0.15, 0.2) is 60.7 Å². The third-order valence-electron chi connectivity index (χ3n) is 4.70. The van der Waals surface area contributed by atoms with Crippen LogP contribution in [0, 0.1) is 0 Å². The summed E-state index contributed by atoms with van der Waals surface area (Å²) in [6.07, 6.45) is 0. The number of methoxy groups -OCH3 is 1. The molecule has 0 saturated carbocycles. The van der Waals surface area contributed by atoms with E-state index in [4.69, 9.17) is 4.74 Å². The molecule has 2 aromatic carbocycles. The Morgan fingerprint density at radius 1 is 0.905 bits per heavy atom. The lowest BCUT2D eigenvalue weighted by atomic mass is 9.62. The highest BCUT2D eigenvalue weighted by Crippen LogP contribution is 2.54. The number of hydrogen-bond acceptors (Lipinski definition) is 2. The lowest BCUT2D eigenvalue weighted by Gasteiger charge is -2.62. The summed E-state index contributed by atoms with van der Waals surface area (Å²) in [5.74, 6) is -0.00212. The van der Waals surface area contributed by atoms with Crippen molar-refractivity contribution in [1.82, 2.24) is 4.90 Å². The molecule has 1 heterocycles. The van der Waals surface area contributed by atoms with E-state index in [0.29, 0.717) is 0 Å². The van der Waals surface area contributed by atoms with E-state index in [0.717, 1.165) is 11.1 Å². The molecule has 3 heteroatoms. The van der Waals surface area contributed by atoms with Gasteiger partial charge in [0.25, 0.3) is 5.91 Å². The molecule has 1 fully saturated rings. The van der Waals surface area contributed by atoms with Crippen molar-refractivity contribution in [3.8, 4) is 0 Å². The molecule has 1 atom stereocenters. The van der Waals surface area contributed by atoms with Crippen LogP contribution in [-0.4, -0.2) is 30.6 Å². The minimum atomic E-state index is -0.898. The van der Waals surface area contributed by atoms with Gasteiger partial charge in [-0.15, -0.1) is 0 Å². The predicted octanol–water partition coefficient (Wildman–Crippen LogP) is 2.81. The number of carbonyl (C=O) groups is 1. The number of likely N-dealkylation sites (tertiary alicyclic amines) is 1. The van der Waals surface area contributed by atoms with E-state index in [-0.39, 0.29) is 5.91 Å². The second kappa shape index (κ2) is 4.71. The minimum Gasteiger partial charge on any atom is -0.365 e. The molecule has 3 nitrogen and oxygen atoms in total. The predicted molar refractivity (Wildman–Crippen MR) is 81.8 cm³/mol. The highest BCUT2D eigenvalue weighted by atomic mass is 16.5. The van der Waals surface area contributed by atoms with Crippen molar-refractivity contribution in [2.75, 3.05) is 14.2 Å². The smallest absolute Gasteiger partial charge is 0.258 e. The molecule has 1 aliphatic heterocycles.